The highest BCUT2D eigenvalue weighted by atomic mass is 16.4. The highest BCUT2D eigenvalue weighted by molar-refractivity contribution is 5.79. The number of oxazole rings is 1. The second-order valence-corrected chi connectivity index (χ2v) is 5.38. The molecule has 0 unspecified atom stereocenters. The molecule has 110 valence electrons. The van der Waals surface area contributed by atoms with E-state index in [9.17, 15) is 9.90 Å². The first-order valence-electron chi connectivity index (χ1n) is 7.15. The van der Waals surface area contributed by atoms with Gasteiger partial charge in [-0.15, -0.1) is 0 Å². The fourth-order valence-electron chi connectivity index (χ4n) is 2.89. The van der Waals surface area contributed by atoms with Crippen LogP contribution in [0.25, 0.3) is 11.1 Å². The van der Waals surface area contributed by atoms with E-state index in [0.717, 1.165) is 24.2 Å². The van der Waals surface area contributed by atoms with E-state index in [1.165, 1.54) is 5.56 Å². The van der Waals surface area contributed by atoms with Crippen molar-refractivity contribution in [1.82, 2.24) is 4.98 Å². The Morgan fingerprint density at radius 3 is 3.00 bits per heavy atom. The molecule has 0 aliphatic carbocycles. The minimum atomic E-state index is -1.10. The zero-order valence-corrected chi connectivity index (χ0v) is 11.8. The van der Waals surface area contributed by atoms with Crippen LogP contribution in [0, 0.1) is 0 Å². The van der Waals surface area contributed by atoms with Crippen molar-refractivity contribution < 1.29 is 14.3 Å². The number of aromatic nitrogens is 1. The second-order valence-electron chi connectivity index (χ2n) is 5.38. The Hall–Kier alpha value is -2.82. The van der Waals surface area contributed by atoms with E-state index in [1.54, 1.807) is 18.2 Å². The monoisotopic (exact) mass is 293 g/mol. The second kappa shape index (κ2) is 4.87. The number of benzene rings is 2. The number of aliphatic carboxylic acids is 1. The molecule has 0 saturated carbocycles. The van der Waals surface area contributed by atoms with E-state index in [-0.39, 0.29) is 6.42 Å². The number of carbonyl (C=O) groups excluding carboxylic acids is 1. The van der Waals surface area contributed by atoms with Crippen LogP contribution in [0.1, 0.15) is 11.1 Å². The van der Waals surface area contributed by atoms with Gasteiger partial charge in [-0.25, -0.2) is 0 Å². The molecule has 1 aromatic heterocycles. The molecule has 3 aromatic rings. The molecule has 0 spiro atoms. The number of rotatable bonds is 3. The minimum absolute atomic E-state index is 0.126. The molecule has 0 N–H and O–H groups in total. The molecule has 0 saturated heterocycles. The largest absolute Gasteiger partial charge is 0.550 e. The number of nitrogens with zero attached hydrogens (tertiary/aromatic N) is 2. The van der Waals surface area contributed by atoms with Crippen molar-refractivity contribution in [2.45, 2.75) is 12.8 Å². The van der Waals surface area contributed by atoms with Crippen LogP contribution in [0.3, 0.4) is 0 Å². The van der Waals surface area contributed by atoms with Crippen LogP contribution in [0.4, 0.5) is 11.7 Å². The number of hydrogen-bond donors (Lipinski definition) is 0. The maximum Gasteiger partial charge on any atom is 0.303 e. The maximum absolute atomic E-state index is 10.7. The number of anilines is 2. The molecule has 1 aliphatic rings. The average molecular weight is 293 g/mol. The number of carbonyl (C=O) groups is 1. The van der Waals surface area contributed by atoms with Crippen molar-refractivity contribution in [3.63, 3.8) is 0 Å². The lowest BCUT2D eigenvalue weighted by Crippen LogP contribution is -2.24. The van der Waals surface area contributed by atoms with Gasteiger partial charge in [0.05, 0.1) is 0 Å². The van der Waals surface area contributed by atoms with Crippen LogP contribution in [-0.2, 0) is 17.6 Å². The molecule has 5 nitrogen and oxygen atoms in total. The highest BCUT2D eigenvalue weighted by Crippen LogP contribution is 2.35. The first-order valence-corrected chi connectivity index (χ1v) is 7.15. The number of carboxylic acid groups (broad SMARTS) is 1. The Labute approximate surface area is 126 Å². The summed E-state index contributed by atoms with van der Waals surface area (Å²) in [6.45, 7) is 0.831. The van der Waals surface area contributed by atoms with Crippen molar-refractivity contribution in [3.05, 3.63) is 53.6 Å². The van der Waals surface area contributed by atoms with Crippen molar-refractivity contribution in [2.75, 3.05) is 11.4 Å². The molecule has 5 heteroatoms. The fourth-order valence-corrected chi connectivity index (χ4v) is 2.89. The summed E-state index contributed by atoms with van der Waals surface area (Å²) in [5.74, 6) is -1.10. The zero-order chi connectivity index (χ0) is 15.1. The smallest absolute Gasteiger partial charge is 0.303 e. The van der Waals surface area contributed by atoms with Crippen LogP contribution in [0.15, 0.2) is 46.9 Å². The summed E-state index contributed by atoms with van der Waals surface area (Å²) in [6, 6.07) is 14.0. The van der Waals surface area contributed by atoms with Gasteiger partial charge in [-0.1, -0.05) is 24.3 Å². The fraction of sp³-hybridized carbons (Fsp3) is 0.176. The van der Waals surface area contributed by atoms with Crippen LogP contribution in [0.5, 0.6) is 0 Å². The Morgan fingerprint density at radius 1 is 1.27 bits per heavy atom. The SMILES string of the molecule is O=C([O-])Cc1ccc2nc(N3CCc4ccccc43)oc2c1. The third kappa shape index (κ3) is 2.11. The number of fused-ring (bicyclic) bond motifs is 2. The average Bonchev–Trinajstić information content (AvgIpc) is 3.09. The normalized spacial score (nSPS) is 13.5. The van der Waals surface area contributed by atoms with Gasteiger partial charge in [0, 0.05) is 24.6 Å². The molecule has 0 radical (unpaired) electrons. The summed E-state index contributed by atoms with van der Waals surface area (Å²) >= 11 is 0. The summed E-state index contributed by atoms with van der Waals surface area (Å²) in [7, 11) is 0. The molecule has 22 heavy (non-hydrogen) atoms. The molecule has 2 aromatic carbocycles. The van der Waals surface area contributed by atoms with E-state index in [1.807, 2.05) is 17.0 Å². The Morgan fingerprint density at radius 2 is 2.14 bits per heavy atom. The molecule has 0 amide bonds. The van der Waals surface area contributed by atoms with Crippen molar-refractivity contribution in [3.8, 4) is 0 Å². The third-order valence-electron chi connectivity index (χ3n) is 3.91. The third-order valence-corrected chi connectivity index (χ3v) is 3.91. The van der Waals surface area contributed by atoms with Crippen LogP contribution in [0.2, 0.25) is 0 Å². The van der Waals surface area contributed by atoms with Gasteiger partial charge in [-0.2, -0.15) is 4.98 Å². The number of para-hydroxylation sites is 1. The van der Waals surface area contributed by atoms with Gasteiger partial charge in [0.2, 0.25) is 0 Å². The molecular weight excluding hydrogens is 280 g/mol. The summed E-state index contributed by atoms with van der Waals surface area (Å²) in [4.78, 5) is 17.3. The molecule has 1 aliphatic heterocycles. The van der Waals surface area contributed by atoms with Crippen LogP contribution >= 0.6 is 0 Å². The van der Waals surface area contributed by atoms with Crippen molar-refractivity contribution >= 4 is 28.8 Å². The van der Waals surface area contributed by atoms with Gasteiger partial charge >= 0.3 is 6.01 Å². The lowest BCUT2D eigenvalue weighted by molar-refractivity contribution is -0.304. The predicted octanol–water partition coefficient (Wildman–Crippen LogP) is 1.81. The van der Waals surface area contributed by atoms with E-state index in [4.69, 9.17) is 4.42 Å². The summed E-state index contributed by atoms with van der Waals surface area (Å²) < 4.78 is 5.83. The van der Waals surface area contributed by atoms with Gasteiger partial charge in [0.1, 0.15) is 5.52 Å². The van der Waals surface area contributed by atoms with Crippen LogP contribution < -0.4 is 10.0 Å². The lowest BCUT2D eigenvalue weighted by atomic mass is 10.1. The first-order chi connectivity index (χ1) is 10.7. The van der Waals surface area contributed by atoms with Crippen LogP contribution in [-0.4, -0.2) is 17.5 Å². The molecule has 0 atom stereocenters. The molecule has 0 fully saturated rings. The molecule has 0 bridgehead atoms. The Kier molecular flexibility index (Phi) is 2.85. The summed E-state index contributed by atoms with van der Waals surface area (Å²) in [5, 5.41) is 10.7. The van der Waals surface area contributed by atoms with E-state index < -0.39 is 5.97 Å². The zero-order valence-electron chi connectivity index (χ0n) is 11.8. The van der Waals surface area contributed by atoms with Crippen molar-refractivity contribution in [1.29, 1.82) is 0 Å². The van der Waals surface area contributed by atoms with Gasteiger partial charge in [-0.05, 0) is 35.7 Å². The van der Waals surface area contributed by atoms with E-state index >= 15 is 0 Å². The molecular formula is C17H13N2O3-. The molecule has 4 rings (SSSR count). The summed E-state index contributed by atoms with van der Waals surface area (Å²) in [6.07, 6.45) is 0.837. The van der Waals surface area contributed by atoms with Gasteiger partial charge in [0.15, 0.2) is 5.58 Å². The topological polar surface area (TPSA) is 69.4 Å². The highest BCUT2D eigenvalue weighted by Gasteiger charge is 2.23. The minimum Gasteiger partial charge on any atom is -0.550 e. The quantitative estimate of drug-likeness (QED) is 0.736. The van der Waals surface area contributed by atoms with Gasteiger partial charge < -0.3 is 14.3 Å². The Bertz CT molecular complexity index is 869. The number of hydrogen-bond acceptors (Lipinski definition) is 5. The van der Waals surface area contributed by atoms with Crippen molar-refractivity contribution in [2.24, 2.45) is 0 Å². The summed E-state index contributed by atoms with van der Waals surface area (Å²) in [5.41, 5.74) is 4.36. The maximum atomic E-state index is 10.7. The Balaban J connectivity index is 1.73. The lowest BCUT2D eigenvalue weighted by Gasteiger charge is -2.13. The predicted molar refractivity (Wildman–Crippen MR) is 79.9 cm³/mol. The standard InChI is InChI=1S/C17H14N2O3/c20-16(21)10-11-5-6-13-15(9-11)22-17(18-13)19-8-7-12-3-1-2-4-14(12)19/h1-6,9H,7-8,10H2,(H,20,21)/p-1. The van der Waals surface area contributed by atoms with Gasteiger partial charge in [0.25, 0.3) is 0 Å². The van der Waals surface area contributed by atoms with E-state index in [2.05, 4.69) is 17.1 Å². The van der Waals surface area contributed by atoms with E-state index in [0.29, 0.717) is 17.2 Å². The first kappa shape index (κ1) is 12.9. The number of carboxylic acids is 1. The molecule has 2 heterocycles. The van der Waals surface area contributed by atoms with Gasteiger partial charge in [-0.3, -0.25) is 4.90 Å².